The third-order valence-electron chi connectivity index (χ3n) is 4.35. The molecule has 3 rings (SSSR count). The monoisotopic (exact) mass is 284 g/mol. The number of H-pyrrole nitrogens is 1. The van der Waals surface area contributed by atoms with Gasteiger partial charge in [0.05, 0.1) is 0 Å². The molecule has 1 aromatic heterocycles. The Kier molecular flexibility index (Phi) is 3.86. The van der Waals surface area contributed by atoms with Gasteiger partial charge in [-0.15, -0.1) is 0 Å². The first-order valence-electron chi connectivity index (χ1n) is 7.72. The largest absolute Gasteiger partial charge is 0.361 e. The molecular weight excluding hydrogens is 260 g/mol. The summed E-state index contributed by atoms with van der Waals surface area (Å²) in [7, 11) is 1.83. The van der Waals surface area contributed by atoms with E-state index in [0.29, 0.717) is 6.04 Å². The summed E-state index contributed by atoms with van der Waals surface area (Å²) in [6.07, 6.45) is 4.37. The summed E-state index contributed by atoms with van der Waals surface area (Å²) in [5.41, 5.74) is 3.91. The van der Waals surface area contributed by atoms with Crippen molar-refractivity contribution in [3.05, 3.63) is 35.5 Å². The second-order valence-corrected chi connectivity index (χ2v) is 6.02. The van der Waals surface area contributed by atoms with Crippen molar-refractivity contribution in [3.8, 4) is 0 Å². The van der Waals surface area contributed by atoms with Crippen LogP contribution in [0, 0.1) is 12.8 Å². The van der Waals surface area contributed by atoms with Gasteiger partial charge in [-0.3, -0.25) is 4.99 Å². The van der Waals surface area contributed by atoms with E-state index < -0.39 is 0 Å². The first-order valence-corrected chi connectivity index (χ1v) is 7.72. The Morgan fingerprint density at radius 2 is 2.24 bits per heavy atom. The minimum Gasteiger partial charge on any atom is -0.361 e. The van der Waals surface area contributed by atoms with Crippen LogP contribution in [0.15, 0.2) is 29.4 Å². The summed E-state index contributed by atoms with van der Waals surface area (Å²) in [4.78, 5) is 7.67. The number of aliphatic imine (C=N–C) groups is 1. The van der Waals surface area contributed by atoms with Crippen molar-refractivity contribution < 1.29 is 0 Å². The van der Waals surface area contributed by atoms with Crippen molar-refractivity contribution in [2.75, 3.05) is 13.6 Å². The molecule has 2 aromatic rings. The SMILES string of the molecule is CN=C(NCCc1c[nH]c2c(C)cccc12)NC1CC1C. The van der Waals surface area contributed by atoms with Crippen molar-refractivity contribution in [1.29, 1.82) is 0 Å². The van der Waals surface area contributed by atoms with E-state index in [1.54, 1.807) is 0 Å². The topological polar surface area (TPSA) is 52.2 Å². The molecule has 1 aliphatic carbocycles. The lowest BCUT2D eigenvalue weighted by Gasteiger charge is -2.11. The number of hydrogen-bond acceptors (Lipinski definition) is 1. The molecule has 0 spiro atoms. The lowest BCUT2D eigenvalue weighted by Crippen LogP contribution is -2.39. The zero-order valence-corrected chi connectivity index (χ0v) is 13.0. The quantitative estimate of drug-likeness (QED) is 0.597. The molecule has 4 heteroatoms. The third kappa shape index (κ3) is 3.04. The van der Waals surface area contributed by atoms with E-state index >= 15 is 0 Å². The number of nitrogens with one attached hydrogen (secondary N) is 3. The highest BCUT2D eigenvalue weighted by Crippen LogP contribution is 2.28. The fraction of sp³-hybridized carbons (Fsp3) is 0.471. The number of aromatic nitrogens is 1. The normalized spacial score (nSPS) is 21.6. The predicted octanol–water partition coefficient (Wildman–Crippen LogP) is 2.59. The summed E-state index contributed by atoms with van der Waals surface area (Å²) in [5.74, 6) is 1.69. The van der Waals surface area contributed by atoms with E-state index in [1.807, 2.05) is 7.05 Å². The Balaban J connectivity index is 1.58. The van der Waals surface area contributed by atoms with E-state index in [-0.39, 0.29) is 0 Å². The molecule has 1 aliphatic rings. The van der Waals surface area contributed by atoms with Crippen molar-refractivity contribution in [3.63, 3.8) is 0 Å². The lowest BCUT2D eigenvalue weighted by atomic mass is 10.1. The molecule has 1 aromatic carbocycles. The number of nitrogens with zero attached hydrogens (tertiary/aromatic N) is 1. The number of fused-ring (bicyclic) bond motifs is 1. The first kappa shape index (κ1) is 14.0. The van der Waals surface area contributed by atoms with Gasteiger partial charge in [-0.2, -0.15) is 0 Å². The Morgan fingerprint density at radius 3 is 2.95 bits per heavy atom. The van der Waals surface area contributed by atoms with Crippen LogP contribution in [0.2, 0.25) is 0 Å². The fourth-order valence-electron chi connectivity index (χ4n) is 2.78. The predicted molar refractivity (Wildman–Crippen MR) is 88.8 cm³/mol. The summed E-state index contributed by atoms with van der Waals surface area (Å²) in [6.45, 7) is 5.30. The third-order valence-corrected chi connectivity index (χ3v) is 4.35. The molecule has 1 saturated carbocycles. The number of para-hydroxylation sites is 1. The molecule has 2 unspecified atom stereocenters. The lowest BCUT2D eigenvalue weighted by molar-refractivity contribution is 0.759. The van der Waals surface area contributed by atoms with Gasteiger partial charge in [0, 0.05) is 36.7 Å². The van der Waals surface area contributed by atoms with E-state index in [0.717, 1.165) is 24.8 Å². The number of hydrogen-bond donors (Lipinski definition) is 3. The fourth-order valence-corrected chi connectivity index (χ4v) is 2.78. The molecule has 3 N–H and O–H groups in total. The van der Waals surface area contributed by atoms with Crippen molar-refractivity contribution in [2.45, 2.75) is 32.7 Å². The van der Waals surface area contributed by atoms with Crippen LogP contribution in [0.25, 0.3) is 10.9 Å². The van der Waals surface area contributed by atoms with Crippen LogP contribution >= 0.6 is 0 Å². The maximum Gasteiger partial charge on any atom is 0.191 e. The number of rotatable bonds is 4. The molecule has 112 valence electrons. The highest BCUT2D eigenvalue weighted by atomic mass is 15.2. The summed E-state index contributed by atoms with van der Waals surface area (Å²) < 4.78 is 0. The van der Waals surface area contributed by atoms with E-state index in [9.17, 15) is 0 Å². The number of aryl methyl sites for hydroxylation is 1. The van der Waals surface area contributed by atoms with Crippen LogP contribution in [0.4, 0.5) is 0 Å². The van der Waals surface area contributed by atoms with Crippen LogP contribution in [-0.2, 0) is 6.42 Å². The Bertz CT molecular complexity index is 656. The zero-order chi connectivity index (χ0) is 14.8. The van der Waals surface area contributed by atoms with Gasteiger partial charge in [-0.05, 0) is 36.8 Å². The Hall–Kier alpha value is -1.97. The van der Waals surface area contributed by atoms with Gasteiger partial charge in [0.1, 0.15) is 0 Å². The van der Waals surface area contributed by atoms with Gasteiger partial charge in [0.2, 0.25) is 0 Å². The highest BCUT2D eigenvalue weighted by molar-refractivity contribution is 5.86. The summed E-state index contributed by atoms with van der Waals surface area (Å²) in [5, 5.41) is 8.18. The van der Waals surface area contributed by atoms with E-state index in [1.165, 1.54) is 28.5 Å². The summed E-state index contributed by atoms with van der Waals surface area (Å²) in [6, 6.07) is 7.06. The molecule has 2 atom stereocenters. The van der Waals surface area contributed by atoms with Gasteiger partial charge in [-0.1, -0.05) is 25.1 Å². The molecule has 0 saturated heterocycles. The summed E-state index contributed by atoms with van der Waals surface area (Å²) >= 11 is 0. The maximum absolute atomic E-state index is 4.28. The maximum atomic E-state index is 4.28. The van der Waals surface area contributed by atoms with Crippen LogP contribution in [-0.4, -0.2) is 30.6 Å². The molecular formula is C17H24N4. The first-order chi connectivity index (χ1) is 10.2. The average molecular weight is 284 g/mol. The van der Waals surface area contributed by atoms with E-state index in [4.69, 9.17) is 0 Å². The molecule has 0 amide bonds. The standard InChI is InChI=1S/C17H24N4/c1-11-5-4-6-14-13(10-20-16(11)14)7-8-19-17(18-3)21-15-9-12(15)2/h4-6,10,12,15,20H,7-9H2,1-3H3,(H2,18,19,21). The van der Waals surface area contributed by atoms with Crippen molar-refractivity contribution in [1.82, 2.24) is 15.6 Å². The minimum absolute atomic E-state index is 0.604. The molecule has 1 fully saturated rings. The van der Waals surface area contributed by atoms with Gasteiger partial charge < -0.3 is 15.6 Å². The van der Waals surface area contributed by atoms with Crippen LogP contribution < -0.4 is 10.6 Å². The van der Waals surface area contributed by atoms with Gasteiger partial charge in [-0.25, -0.2) is 0 Å². The molecule has 4 nitrogen and oxygen atoms in total. The van der Waals surface area contributed by atoms with Crippen molar-refractivity contribution >= 4 is 16.9 Å². The Labute approximate surface area is 126 Å². The average Bonchev–Trinajstić information content (AvgIpc) is 3.00. The van der Waals surface area contributed by atoms with Gasteiger partial charge in [0.15, 0.2) is 5.96 Å². The molecule has 0 radical (unpaired) electrons. The minimum atomic E-state index is 0.604. The van der Waals surface area contributed by atoms with Crippen LogP contribution in [0.5, 0.6) is 0 Å². The van der Waals surface area contributed by atoms with E-state index in [2.05, 4.69) is 58.9 Å². The molecule has 0 aliphatic heterocycles. The second-order valence-electron chi connectivity index (χ2n) is 6.02. The zero-order valence-electron chi connectivity index (χ0n) is 13.0. The van der Waals surface area contributed by atoms with Gasteiger partial charge in [0.25, 0.3) is 0 Å². The number of aromatic amines is 1. The van der Waals surface area contributed by atoms with Crippen LogP contribution in [0.3, 0.4) is 0 Å². The van der Waals surface area contributed by atoms with Gasteiger partial charge >= 0.3 is 0 Å². The molecule has 21 heavy (non-hydrogen) atoms. The Morgan fingerprint density at radius 1 is 1.43 bits per heavy atom. The number of guanidine groups is 1. The smallest absolute Gasteiger partial charge is 0.191 e. The highest BCUT2D eigenvalue weighted by Gasteiger charge is 2.33. The number of benzene rings is 1. The van der Waals surface area contributed by atoms with Crippen molar-refractivity contribution in [2.24, 2.45) is 10.9 Å². The van der Waals surface area contributed by atoms with Crippen LogP contribution in [0.1, 0.15) is 24.5 Å². The molecule has 1 heterocycles. The second kappa shape index (κ2) is 5.80. The molecule has 0 bridgehead atoms.